The van der Waals surface area contributed by atoms with Crippen molar-refractivity contribution in [3.05, 3.63) is 29.8 Å². The fourth-order valence-corrected chi connectivity index (χ4v) is 3.41. The Bertz CT molecular complexity index is 840. The maximum atomic E-state index is 12.7. The summed E-state index contributed by atoms with van der Waals surface area (Å²) < 4.78 is 16.3. The number of aromatic hydroxyl groups is 1. The lowest BCUT2D eigenvalue weighted by Gasteiger charge is -2.25. The Hall–Kier alpha value is -2.47. The van der Waals surface area contributed by atoms with Crippen molar-refractivity contribution in [2.75, 3.05) is 32.3 Å². The lowest BCUT2D eigenvalue weighted by molar-refractivity contribution is 0.0579. The first-order valence-corrected chi connectivity index (χ1v) is 8.58. The molecule has 2 aromatic carbocycles. The first kappa shape index (κ1) is 18.3. The molecular weight excluding hydrogens is 334 g/mol. The maximum Gasteiger partial charge on any atom is 0.414 e. The summed E-state index contributed by atoms with van der Waals surface area (Å²) in [6, 6.07) is 7.14. The summed E-state index contributed by atoms with van der Waals surface area (Å²) in [6.45, 7) is 6.39. The molecule has 3 rings (SSSR count). The van der Waals surface area contributed by atoms with Gasteiger partial charge in [-0.25, -0.2) is 4.79 Å². The zero-order chi connectivity index (χ0) is 19.1. The molecule has 1 N–H and O–H groups in total. The minimum Gasteiger partial charge on any atom is -0.507 e. The van der Waals surface area contributed by atoms with Crippen LogP contribution in [0.15, 0.2) is 24.3 Å². The largest absolute Gasteiger partial charge is 0.507 e. The van der Waals surface area contributed by atoms with Gasteiger partial charge in [0.1, 0.15) is 17.1 Å². The number of phenolic OH excluding ortho intramolecular Hbond substituents is 1. The van der Waals surface area contributed by atoms with Crippen molar-refractivity contribution in [3.8, 4) is 11.5 Å². The van der Waals surface area contributed by atoms with E-state index in [9.17, 15) is 9.90 Å². The second-order valence-corrected chi connectivity index (χ2v) is 7.48. The second-order valence-electron chi connectivity index (χ2n) is 7.48. The van der Waals surface area contributed by atoms with Crippen molar-refractivity contribution in [2.24, 2.45) is 0 Å². The summed E-state index contributed by atoms with van der Waals surface area (Å²) in [7, 11) is 3.24. The predicted molar refractivity (Wildman–Crippen MR) is 100 cm³/mol. The average Bonchev–Trinajstić information content (AvgIpc) is 2.92. The van der Waals surface area contributed by atoms with Gasteiger partial charge in [-0.05, 0) is 49.9 Å². The molecule has 0 saturated heterocycles. The molecule has 0 bridgehead atoms. The number of hydrogen-bond acceptors (Lipinski definition) is 5. The van der Waals surface area contributed by atoms with E-state index >= 15 is 0 Å². The van der Waals surface area contributed by atoms with Gasteiger partial charge < -0.3 is 19.3 Å². The highest BCUT2D eigenvalue weighted by atomic mass is 16.6. The lowest BCUT2D eigenvalue weighted by Crippen LogP contribution is -2.36. The van der Waals surface area contributed by atoms with Crippen molar-refractivity contribution in [3.63, 3.8) is 0 Å². The fourth-order valence-electron chi connectivity index (χ4n) is 3.41. The minimum absolute atomic E-state index is 0.0160. The maximum absolute atomic E-state index is 12.7. The van der Waals surface area contributed by atoms with Crippen LogP contribution in [0.5, 0.6) is 11.5 Å². The Morgan fingerprint density at radius 2 is 1.96 bits per heavy atom. The highest BCUT2D eigenvalue weighted by Gasteiger charge is 2.37. The van der Waals surface area contributed by atoms with E-state index in [1.54, 1.807) is 31.3 Å². The highest BCUT2D eigenvalue weighted by Crippen LogP contribution is 2.46. The molecule has 1 heterocycles. The van der Waals surface area contributed by atoms with Crippen LogP contribution < -0.4 is 9.64 Å². The van der Waals surface area contributed by atoms with Gasteiger partial charge in [-0.15, -0.1) is 0 Å². The Labute approximate surface area is 153 Å². The van der Waals surface area contributed by atoms with Crippen LogP contribution in [0, 0.1) is 0 Å². The normalized spacial score (nSPS) is 16.7. The van der Waals surface area contributed by atoms with Gasteiger partial charge in [-0.2, -0.15) is 0 Å². The summed E-state index contributed by atoms with van der Waals surface area (Å²) in [6.07, 6.45) is -0.431. The van der Waals surface area contributed by atoms with Crippen LogP contribution in [-0.2, 0) is 9.47 Å². The van der Waals surface area contributed by atoms with Crippen LogP contribution in [0.4, 0.5) is 10.5 Å². The van der Waals surface area contributed by atoms with Crippen molar-refractivity contribution in [2.45, 2.75) is 32.3 Å². The minimum atomic E-state index is -0.599. The Morgan fingerprint density at radius 3 is 2.58 bits per heavy atom. The zero-order valence-corrected chi connectivity index (χ0v) is 15.8. The van der Waals surface area contributed by atoms with Crippen LogP contribution >= 0.6 is 0 Å². The topological polar surface area (TPSA) is 68.2 Å². The molecule has 0 saturated carbocycles. The number of carbonyl (C=O) groups is 1. The Balaban J connectivity index is 2.16. The second kappa shape index (κ2) is 6.68. The fraction of sp³-hybridized carbons (Fsp3) is 0.450. The molecule has 0 fully saturated rings. The van der Waals surface area contributed by atoms with Crippen molar-refractivity contribution in [1.29, 1.82) is 0 Å². The Kier molecular flexibility index (Phi) is 4.71. The van der Waals surface area contributed by atoms with E-state index in [0.717, 1.165) is 16.3 Å². The molecule has 140 valence electrons. The number of amides is 1. The van der Waals surface area contributed by atoms with E-state index in [1.807, 2.05) is 32.9 Å². The zero-order valence-electron chi connectivity index (χ0n) is 15.8. The van der Waals surface area contributed by atoms with Crippen LogP contribution in [0.2, 0.25) is 0 Å². The van der Waals surface area contributed by atoms with E-state index in [0.29, 0.717) is 24.6 Å². The number of nitrogens with zero attached hydrogens (tertiary/aromatic N) is 1. The summed E-state index contributed by atoms with van der Waals surface area (Å²) in [4.78, 5) is 14.3. The third-order valence-corrected chi connectivity index (χ3v) is 4.43. The summed E-state index contributed by atoms with van der Waals surface area (Å²) in [5.41, 5.74) is 1.02. The number of hydrogen-bond donors (Lipinski definition) is 1. The quantitative estimate of drug-likeness (QED) is 0.896. The van der Waals surface area contributed by atoms with Gasteiger partial charge in [0.2, 0.25) is 0 Å². The standard InChI is InChI=1S/C20H25NO5/c1-20(2,3)26-19(23)21-10-12(11-24-4)18-15-8-13(25-5)6-7-14(15)17(22)9-16(18)21/h6-9,12,22H,10-11H2,1-5H3. The SMILES string of the molecule is COCC1CN(C(=O)OC(C)(C)C)c2cc(O)c3ccc(OC)cc3c21. The monoisotopic (exact) mass is 359 g/mol. The molecule has 0 radical (unpaired) electrons. The van der Waals surface area contributed by atoms with Crippen LogP contribution in [0.25, 0.3) is 10.8 Å². The number of benzene rings is 2. The van der Waals surface area contributed by atoms with Crippen LogP contribution in [0.3, 0.4) is 0 Å². The van der Waals surface area contributed by atoms with Crippen LogP contribution in [-0.4, -0.2) is 44.2 Å². The van der Waals surface area contributed by atoms with Gasteiger partial charge >= 0.3 is 6.09 Å². The van der Waals surface area contributed by atoms with Gasteiger partial charge in [0.15, 0.2) is 0 Å². The third kappa shape index (κ3) is 3.29. The van der Waals surface area contributed by atoms with E-state index in [-0.39, 0.29) is 11.7 Å². The molecule has 0 aliphatic carbocycles. The molecule has 1 aliphatic rings. The van der Waals surface area contributed by atoms with Crippen molar-refractivity contribution >= 4 is 22.6 Å². The summed E-state index contributed by atoms with van der Waals surface area (Å²) >= 11 is 0. The summed E-state index contributed by atoms with van der Waals surface area (Å²) in [5.74, 6) is 0.794. The molecule has 0 spiro atoms. The molecule has 1 amide bonds. The lowest BCUT2D eigenvalue weighted by atomic mass is 9.94. The molecule has 6 heteroatoms. The van der Waals surface area contributed by atoms with Crippen molar-refractivity contribution in [1.82, 2.24) is 0 Å². The average molecular weight is 359 g/mol. The van der Waals surface area contributed by atoms with E-state index < -0.39 is 11.7 Å². The number of fused-ring (bicyclic) bond motifs is 3. The van der Waals surface area contributed by atoms with Gasteiger partial charge in [0.25, 0.3) is 0 Å². The van der Waals surface area contributed by atoms with Crippen molar-refractivity contribution < 1.29 is 24.1 Å². The molecule has 1 unspecified atom stereocenters. The molecule has 1 atom stereocenters. The molecular formula is C20H25NO5. The number of rotatable bonds is 3. The first-order valence-electron chi connectivity index (χ1n) is 8.58. The van der Waals surface area contributed by atoms with Crippen LogP contribution in [0.1, 0.15) is 32.3 Å². The van der Waals surface area contributed by atoms with Gasteiger partial charge in [0, 0.05) is 31.0 Å². The third-order valence-electron chi connectivity index (χ3n) is 4.43. The predicted octanol–water partition coefficient (Wildman–Crippen LogP) is 4.04. The smallest absolute Gasteiger partial charge is 0.414 e. The molecule has 26 heavy (non-hydrogen) atoms. The van der Waals surface area contributed by atoms with Gasteiger partial charge in [0.05, 0.1) is 19.4 Å². The van der Waals surface area contributed by atoms with Gasteiger partial charge in [-0.3, -0.25) is 4.90 Å². The number of anilines is 1. The first-order chi connectivity index (χ1) is 12.2. The molecule has 1 aliphatic heterocycles. The Morgan fingerprint density at radius 1 is 1.23 bits per heavy atom. The number of methoxy groups -OCH3 is 2. The van der Waals surface area contributed by atoms with E-state index in [1.165, 1.54) is 0 Å². The number of phenols is 1. The van der Waals surface area contributed by atoms with E-state index in [4.69, 9.17) is 14.2 Å². The highest BCUT2D eigenvalue weighted by molar-refractivity contribution is 6.02. The summed E-state index contributed by atoms with van der Waals surface area (Å²) in [5, 5.41) is 12.1. The van der Waals surface area contributed by atoms with E-state index in [2.05, 4.69) is 0 Å². The molecule has 6 nitrogen and oxygen atoms in total. The van der Waals surface area contributed by atoms with Gasteiger partial charge in [-0.1, -0.05) is 0 Å². The number of carbonyl (C=O) groups excluding carboxylic acids is 1. The number of ether oxygens (including phenoxy) is 3. The molecule has 0 aromatic heterocycles. The molecule has 2 aromatic rings.